The number of amides is 2. The maximum Gasteiger partial charge on any atom is 0.249 e. The van der Waals surface area contributed by atoms with Gasteiger partial charge in [0.25, 0.3) is 0 Å². The number of aromatic amines is 1. The summed E-state index contributed by atoms with van der Waals surface area (Å²) < 4.78 is 0. The number of rotatable bonds is 6. The maximum atomic E-state index is 13.9. The molecule has 0 radical (unpaired) electrons. The van der Waals surface area contributed by atoms with E-state index in [1.54, 1.807) is 28.0 Å². The molecule has 2 aliphatic heterocycles. The van der Waals surface area contributed by atoms with Gasteiger partial charge in [-0.1, -0.05) is 23.7 Å². The van der Waals surface area contributed by atoms with Crippen molar-refractivity contribution < 1.29 is 14.7 Å². The predicted molar refractivity (Wildman–Crippen MR) is 132 cm³/mol. The quantitative estimate of drug-likeness (QED) is 0.470. The van der Waals surface area contributed by atoms with E-state index in [0.717, 1.165) is 47.1 Å². The third-order valence-electron chi connectivity index (χ3n) is 7.12. The summed E-state index contributed by atoms with van der Waals surface area (Å²) in [4.78, 5) is 34.5. The molecule has 3 N–H and O–H groups in total. The molecule has 1 saturated heterocycles. The van der Waals surface area contributed by atoms with E-state index in [0.29, 0.717) is 18.0 Å². The molecular formula is C26H29ClN4O3. The first kappa shape index (κ1) is 22.7. The first-order chi connectivity index (χ1) is 16.3. The lowest BCUT2D eigenvalue weighted by Crippen LogP contribution is -2.69. The summed E-state index contributed by atoms with van der Waals surface area (Å²) in [6.07, 6.45) is 2.17. The van der Waals surface area contributed by atoms with Crippen LogP contribution in [0.15, 0.2) is 42.5 Å². The number of phenolic OH excluding ortho intramolecular Hbond substituents is 1. The Morgan fingerprint density at radius 2 is 2.03 bits per heavy atom. The first-order valence-corrected chi connectivity index (χ1v) is 12.1. The molecule has 2 aliphatic rings. The molecule has 0 spiro atoms. The molecular weight excluding hydrogens is 452 g/mol. The van der Waals surface area contributed by atoms with Crippen LogP contribution in [0.4, 0.5) is 0 Å². The van der Waals surface area contributed by atoms with Crippen molar-refractivity contribution in [2.75, 3.05) is 26.7 Å². The SMILES string of the molecule is CNCCCCN1CC(=O)N2[C@H](c3cccc(O)c3)c3[nH]c4ccc(Cl)cc4c3C[C@@]2(C)C1=O. The number of carbonyl (C=O) groups is 2. The minimum Gasteiger partial charge on any atom is -0.508 e. The summed E-state index contributed by atoms with van der Waals surface area (Å²) in [6.45, 7) is 3.36. The van der Waals surface area contributed by atoms with Crippen molar-refractivity contribution in [3.8, 4) is 5.75 Å². The van der Waals surface area contributed by atoms with Crippen LogP contribution in [0.2, 0.25) is 5.02 Å². The van der Waals surface area contributed by atoms with Crippen LogP contribution in [0.25, 0.3) is 10.9 Å². The number of aromatic nitrogens is 1. The third kappa shape index (κ3) is 3.63. The smallest absolute Gasteiger partial charge is 0.249 e. The predicted octanol–water partition coefficient (Wildman–Crippen LogP) is 3.60. The highest BCUT2D eigenvalue weighted by Gasteiger charge is 2.55. The zero-order valence-corrected chi connectivity index (χ0v) is 20.2. The monoisotopic (exact) mass is 480 g/mol. The molecule has 178 valence electrons. The lowest BCUT2D eigenvalue weighted by molar-refractivity contribution is -0.167. The van der Waals surface area contributed by atoms with E-state index in [1.807, 2.05) is 38.2 Å². The standard InChI is InChI=1S/C26H29ClN4O3/c1-26-14-20-19-13-17(27)8-9-21(19)29-23(20)24(16-6-5-7-18(32)12-16)31(26)22(33)15-30(25(26)34)11-4-3-10-28-2/h5-9,12-13,24,28-29,32H,3-4,10-11,14-15H2,1-2H3/t24-,26+/m1/s1. The zero-order valence-electron chi connectivity index (χ0n) is 19.4. The van der Waals surface area contributed by atoms with Gasteiger partial charge in [-0.2, -0.15) is 0 Å². The second-order valence-electron chi connectivity index (χ2n) is 9.46. The molecule has 0 unspecified atom stereocenters. The number of piperazine rings is 1. The second-order valence-corrected chi connectivity index (χ2v) is 9.89. The molecule has 2 atom stereocenters. The summed E-state index contributed by atoms with van der Waals surface area (Å²) in [6, 6.07) is 12.1. The topological polar surface area (TPSA) is 88.7 Å². The fourth-order valence-corrected chi connectivity index (χ4v) is 5.73. The Hall–Kier alpha value is -3.03. The number of aromatic hydroxyl groups is 1. The normalized spacial score (nSPS) is 22.3. The largest absolute Gasteiger partial charge is 0.508 e. The van der Waals surface area contributed by atoms with Crippen LogP contribution in [0.5, 0.6) is 5.75 Å². The van der Waals surface area contributed by atoms with Crippen LogP contribution in [0.1, 0.15) is 42.6 Å². The van der Waals surface area contributed by atoms with Crippen LogP contribution in [0, 0.1) is 0 Å². The van der Waals surface area contributed by atoms with Crippen molar-refractivity contribution in [1.29, 1.82) is 0 Å². The van der Waals surface area contributed by atoms with Crippen LogP contribution < -0.4 is 5.32 Å². The van der Waals surface area contributed by atoms with Crippen molar-refractivity contribution in [2.45, 2.75) is 37.8 Å². The summed E-state index contributed by atoms with van der Waals surface area (Å²) in [5, 5.41) is 14.9. The summed E-state index contributed by atoms with van der Waals surface area (Å²) in [5.74, 6) is -0.0115. The minimum atomic E-state index is -1.04. The van der Waals surface area contributed by atoms with E-state index >= 15 is 0 Å². The number of halogens is 1. The zero-order chi connectivity index (χ0) is 24.0. The van der Waals surface area contributed by atoms with E-state index < -0.39 is 11.6 Å². The second kappa shape index (κ2) is 8.64. The molecule has 2 aromatic carbocycles. The highest BCUT2D eigenvalue weighted by Crippen LogP contribution is 2.47. The fourth-order valence-electron chi connectivity index (χ4n) is 5.55. The van der Waals surface area contributed by atoms with Crippen molar-refractivity contribution >= 4 is 34.3 Å². The fraction of sp³-hybridized carbons (Fsp3) is 0.385. The first-order valence-electron chi connectivity index (χ1n) is 11.7. The van der Waals surface area contributed by atoms with Gasteiger partial charge in [0, 0.05) is 34.6 Å². The highest BCUT2D eigenvalue weighted by molar-refractivity contribution is 6.31. The van der Waals surface area contributed by atoms with E-state index in [-0.39, 0.29) is 24.1 Å². The van der Waals surface area contributed by atoms with Crippen molar-refractivity contribution in [1.82, 2.24) is 20.1 Å². The molecule has 5 rings (SSSR count). The van der Waals surface area contributed by atoms with Gasteiger partial charge in [0.1, 0.15) is 11.3 Å². The van der Waals surface area contributed by atoms with Crippen LogP contribution in [-0.2, 0) is 16.0 Å². The number of carbonyl (C=O) groups excluding carboxylic acids is 2. The molecule has 7 nitrogen and oxygen atoms in total. The van der Waals surface area contributed by atoms with E-state index in [9.17, 15) is 14.7 Å². The molecule has 3 aromatic rings. The molecule has 0 aliphatic carbocycles. The summed E-state index contributed by atoms with van der Waals surface area (Å²) in [7, 11) is 1.91. The van der Waals surface area contributed by atoms with E-state index in [2.05, 4.69) is 10.3 Å². The number of nitrogens with one attached hydrogen (secondary N) is 2. The number of hydrogen-bond donors (Lipinski definition) is 3. The van der Waals surface area contributed by atoms with Gasteiger partial charge in [0.05, 0.1) is 12.6 Å². The van der Waals surface area contributed by atoms with Gasteiger partial charge < -0.3 is 25.2 Å². The Bertz CT molecular complexity index is 1270. The number of H-pyrrole nitrogens is 1. The highest BCUT2D eigenvalue weighted by atomic mass is 35.5. The number of benzene rings is 2. The number of hydrogen-bond acceptors (Lipinski definition) is 4. The van der Waals surface area contributed by atoms with Crippen molar-refractivity contribution in [3.05, 3.63) is 64.3 Å². The van der Waals surface area contributed by atoms with Gasteiger partial charge in [-0.3, -0.25) is 9.59 Å². The van der Waals surface area contributed by atoms with Crippen LogP contribution in [-0.4, -0.2) is 63.9 Å². The van der Waals surface area contributed by atoms with E-state index in [4.69, 9.17) is 11.6 Å². The van der Waals surface area contributed by atoms with Crippen molar-refractivity contribution in [2.24, 2.45) is 0 Å². The average Bonchev–Trinajstić information content (AvgIpc) is 3.15. The van der Waals surface area contributed by atoms with Crippen LogP contribution in [0.3, 0.4) is 0 Å². The molecule has 2 amide bonds. The van der Waals surface area contributed by atoms with Gasteiger partial charge in [-0.05, 0) is 74.8 Å². The summed E-state index contributed by atoms with van der Waals surface area (Å²) >= 11 is 6.33. The maximum absolute atomic E-state index is 13.9. The summed E-state index contributed by atoms with van der Waals surface area (Å²) in [5.41, 5.74) is 2.48. The molecule has 0 saturated carbocycles. The van der Waals surface area contributed by atoms with Gasteiger partial charge in [0.15, 0.2) is 0 Å². The Morgan fingerprint density at radius 3 is 2.79 bits per heavy atom. The molecule has 1 fully saturated rings. The number of nitrogens with zero attached hydrogens (tertiary/aromatic N) is 2. The Morgan fingerprint density at radius 1 is 1.21 bits per heavy atom. The Balaban J connectivity index is 1.64. The molecule has 0 bridgehead atoms. The van der Waals surface area contributed by atoms with E-state index in [1.165, 1.54) is 0 Å². The van der Waals surface area contributed by atoms with Gasteiger partial charge in [-0.25, -0.2) is 0 Å². The average molecular weight is 481 g/mol. The van der Waals surface area contributed by atoms with Gasteiger partial charge in [0.2, 0.25) is 11.8 Å². The van der Waals surface area contributed by atoms with Gasteiger partial charge >= 0.3 is 0 Å². The number of fused-ring (bicyclic) bond motifs is 4. The van der Waals surface area contributed by atoms with Crippen molar-refractivity contribution in [3.63, 3.8) is 0 Å². The number of unbranched alkanes of at least 4 members (excludes halogenated alkanes) is 1. The Kier molecular flexibility index (Phi) is 5.78. The molecule has 8 heteroatoms. The lowest BCUT2D eigenvalue weighted by Gasteiger charge is -2.53. The van der Waals surface area contributed by atoms with Crippen LogP contribution >= 0.6 is 11.6 Å². The minimum absolute atomic E-state index is 0.0382. The lowest BCUT2D eigenvalue weighted by atomic mass is 9.78. The Labute approximate surface area is 203 Å². The molecule has 1 aromatic heterocycles. The molecule has 3 heterocycles. The van der Waals surface area contributed by atoms with Gasteiger partial charge in [-0.15, -0.1) is 0 Å². The molecule has 34 heavy (non-hydrogen) atoms. The third-order valence-corrected chi connectivity index (χ3v) is 7.35. The number of phenols is 1.